The summed E-state index contributed by atoms with van der Waals surface area (Å²) in [6, 6.07) is 4.26. The van der Waals surface area contributed by atoms with Crippen LogP contribution in [0, 0.1) is 16.0 Å². The number of anilines is 1. The number of benzene rings is 1. The number of aliphatic hydroxyl groups is 1. The molecule has 1 fully saturated rings. The number of nitrogens with zero attached hydrogens (tertiary/aromatic N) is 2. The summed E-state index contributed by atoms with van der Waals surface area (Å²) < 4.78 is 0. The van der Waals surface area contributed by atoms with Crippen LogP contribution in [0.25, 0.3) is 0 Å². The van der Waals surface area contributed by atoms with E-state index in [4.69, 9.17) is 5.11 Å². The highest BCUT2D eigenvalue weighted by Crippen LogP contribution is 2.29. The number of hydrogen-bond acceptors (Lipinski definition) is 5. The quantitative estimate of drug-likeness (QED) is 0.614. The molecule has 7 nitrogen and oxygen atoms in total. The molecule has 0 saturated carbocycles. The van der Waals surface area contributed by atoms with E-state index in [0.717, 1.165) is 31.6 Å². The number of nitro groups is 1. The summed E-state index contributed by atoms with van der Waals surface area (Å²) in [5.41, 5.74) is 0.967. The zero-order valence-corrected chi connectivity index (χ0v) is 14.2. The number of rotatable bonds is 6. The van der Waals surface area contributed by atoms with E-state index >= 15 is 0 Å². The molecule has 1 saturated heterocycles. The predicted octanol–water partition coefficient (Wildman–Crippen LogP) is 2.33. The highest BCUT2D eigenvalue weighted by atomic mass is 16.6. The minimum absolute atomic E-state index is 0.0206. The molecule has 7 heteroatoms. The van der Waals surface area contributed by atoms with Crippen LogP contribution in [0.1, 0.15) is 43.5 Å². The summed E-state index contributed by atoms with van der Waals surface area (Å²) in [4.78, 5) is 25.3. The van der Waals surface area contributed by atoms with E-state index in [2.05, 4.69) is 17.1 Å². The summed E-state index contributed by atoms with van der Waals surface area (Å²) >= 11 is 0. The van der Waals surface area contributed by atoms with E-state index < -0.39 is 4.92 Å². The van der Waals surface area contributed by atoms with Gasteiger partial charge in [0.1, 0.15) is 0 Å². The second-order valence-electron chi connectivity index (χ2n) is 6.51. The molecule has 0 aliphatic carbocycles. The number of hydrogen-bond donors (Lipinski definition) is 2. The van der Waals surface area contributed by atoms with Gasteiger partial charge in [0.25, 0.3) is 11.6 Å². The number of nitrogens with one attached hydrogen (secondary N) is 1. The van der Waals surface area contributed by atoms with E-state index in [9.17, 15) is 14.9 Å². The molecule has 2 N–H and O–H groups in total. The SMILES string of the molecule is CC1CCN(c2ccc([N+](=O)[O-])cc2C(=O)NC(C)CCO)CC1. The molecular weight excluding hydrogens is 310 g/mol. The molecule has 1 aliphatic rings. The lowest BCUT2D eigenvalue weighted by atomic mass is 9.97. The van der Waals surface area contributed by atoms with Gasteiger partial charge in [0.2, 0.25) is 0 Å². The van der Waals surface area contributed by atoms with Crippen LogP contribution in [0.5, 0.6) is 0 Å². The van der Waals surface area contributed by atoms with E-state index in [1.165, 1.54) is 12.1 Å². The van der Waals surface area contributed by atoms with E-state index in [0.29, 0.717) is 17.9 Å². The molecule has 1 aliphatic heterocycles. The highest BCUT2D eigenvalue weighted by Gasteiger charge is 2.24. The standard InChI is InChI=1S/C17H25N3O4/c1-12-5-8-19(9-6-12)16-4-3-14(20(23)24)11-15(16)17(22)18-13(2)7-10-21/h3-4,11-13,21H,5-10H2,1-2H3,(H,18,22). The number of amides is 1. The first kappa shape index (κ1) is 18.2. The molecule has 24 heavy (non-hydrogen) atoms. The molecule has 0 bridgehead atoms. The van der Waals surface area contributed by atoms with Crippen molar-refractivity contribution in [3.05, 3.63) is 33.9 Å². The minimum atomic E-state index is -0.490. The van der Waals surface area contributed by atoms with Gasteiger partial charge in [0.15, 0.2) is 0 Å². The first-order chi connectivity index (χ1) is 11.4. The van der Waals surface area contributed by atoms with Crippen molar-refractivity contribution < 1.29 is 14.8 Å². The Morgan fingerprint density at radius 3 is 2.71 bits per heavy atom. The number of non-ortho nitro benzene ring substituents is 1. The average Bonchev–Trinajstić information content (AvgIpc) is 2.55. The lowest BCUT2D eigenvalue weighted by Crippen LogP contribution is -2.37. The van der Waals surface area contributed by atoms with Crippen molar-refractivity contribution in [2.75, 3.05) is 24.6 Å². The Kier molecular flexibility index (Phi) is 6.14. The Bertz CT molecular complexity index is 597. The van der Waals surface area contributed by atoms with Crippen molar-refractivity contribution in [3.63, 3.8) is 0 Å². The molecule has 0 radical (unpaired) electrons. The van der Waals surface area contributed by atoms with Crippen LogP contribution in [-0.4, -0.2) is 41.7 Å². The summed E-state index contributed by atoms with van der Waals surface area (Å²) in [5.74, 6) is 0.314. The second kappa shape index (κ2) is 8.10. The maximum Gasteiger partial charge on any atom is 0.270 e. The third kappa shape index (κ3) is 4.44. The molecular formula is C17H25N3O4. The number of carbonyl (C=O) groups excluding carboxylic acids is 1. The minimum Gasteiger partial charge on any atom is -0.396 e. The summed E-state index contributed by atoms with van der Waals surface area (Å²) in [7, 11) is 0. The van der Waals surface area contributed by atoms with Gasteiger partial charge in [-0.2, -0.15) is 0 Å². The van der Waals surface area contributed by atoms with Crippen LogP contribution in [0.2, 0.25) is 0 Å². The van der Waals surface area contributed by atoms with E-state index in [1.807, 2.05) is 0 Å². The van der Waals surface area contributed by atoms with Crippen LogP contribution >= 0.6 is 0 Å². The van der Waals surface area contributed by atoms with Gasteiger partial charge >= 0.3 is 0 Å². The van der Waals surface area contributed by atoms with Crippen molar-refractivity contribution in [1.82, 2.24) is 5.32 Å². The molecule has 0 spiro atoms. The lowest BCUT2D eigenvalue weighted by molar-refractivity contribution is -0.384. The molecule has 1 atom stereocenters. The molecule has 1 unspecified atom stereocenters. The average molecular weight is 335 g/mol. The van der Waals surface area contributed by atoms with Gasteiger partial charge in [0, 0.05) is 37.9 Å². The number of piperidine rings is 1. The first-order valence-electron chi connectivity index (χ1n) is 8.37. The van der Waals surface area contributed by atoms with Gasteiger partial charge in [0.05, 0.1) is 16.2 Å². The number of aliphatic hydroxyl groups excluding tert-OH is 1. The van der Waals surface area contributed by atoms with Crippen LogP contribution in [0.3, 0.4) is 0 Å². The molecule has 1 heterocycles. The van der Waals surface area contributed by atoms with Crippen molar-refractivity contribution in [2.24, 2.45) is 5.92 Å². The Morgan fingerprint density at radius 1 is 1.46 bits per heavy atom. The zero-order valence-electron chi connectivity index (χ0n) is 14.2. The van der Waals surface area contributed by atoms with Gasteiger partial charge < -0.3 is 15.3 Å². The van der Waals surface area contributed by atoms with Crippen molar-refractivity contribution >= 4 is 17.3 Å². The zero-order chi connectivity index (χ0) is 17.7. The van der Waals surface area contributed by atoms with E-state index in [1.54, 1.807) is 13.0 Å². The fourth-order valence-corrected chi connectivity index (χ4v) is 2.91. The third-order valence-electron chi connectivity index (χ3n) is 4.50. The van der Waals surface area contributed by atoms with Gasteiger partial charge in [-0.25, -0.2) is 0 Å². The summed E-state index contributed by atoms with van der Waals surface area (Å²) in [6.07, 6.45) is 2.52. The Labute approximate surface area is 141 Å². The normalized spacial score (nSPS) is 16.7. The second-order valence-corrected chi connectivity index (χ2v) is 6.51. The fraction of sp³-hybridized carbons (Fsp3) is 0.588. The third-order valence-corrected chi connectivity index (χ3v) is 4.50. The Balaban J connectivity index is 2.29. The maximum absolute atomic E-state index is 12.6. The molecule has 132 valence electrons. The van der Waals surface area contributed by atoms with Crippen LogP contribution in [0.4, 0.5) is 11.4 Å². The van der Waals surface area contributed by atoms with E-state index in [-0.39, 0.29) is 24.2 Å². The number of nitro benzene ring substituents is 1. The van der Waals surface area contributed by atoms with Crippen molar-refractivity contribution in [3.8, 4) is 0 Å². The van der Waals surface area contributed by atoms with Crippen molar-refractivity contribution in [1.29, 1.82) is 0 Å². The maximum atomic E-state index is 12.6. The molecule has 1 aromatic rings. The Hall–Kier alpha value is -2.15. The number of carbonyl (C=O) groups is 1. The summed E-state index contributed by atoms with van der Waals surface area (Å²) in [5, 5.41) is 22.8. The Morgan fingerprint density at radius 2 is 2.12 bits per heavy atom. The smallest absolute Gasteiger partial charge is 0.270 e. The molecule has 1 aromatic carbocycles. The monoisotopic (exact) mass is 335 g/mol. The lowest BCUT2D eigenvalue weighted by Gasteiger charge is -2.33. The first-order valence-corrected chi connectivity index (χ1v) is 8.37. The molecule has 0 aromatic heterocycles. The highest BCUT2D eigenvalue weighted by molar-refractivity contribution is 6.00. The van der Waals surface area contributed by atoms with Gasteiger partial charge in [-0.1, -0.05) is 6.92 Å². The fourth-order valence-electron chi connectivity index (χ4n) is 2.91. The van der Waals surface area contributed by atoms with Crippen LogP contribution in [0.15, 0.2) is 18.2 Å². The topological polar surface area (TPSA) is 95.7 Å². The van der Waals surface area contributed by atoms with Gasteiger partial charge in [-0.3, -0.25) is 14.9 Å². The van der Waals surface area contributed by atoms with Crippen LogP contribution in [-0.2, 0) is 0 Å². The largest absolute Gasteiger partial charge is 0.396 e. The molecule has 2 rings (SSSR count). The van der Waals surface area contributed by atoms with Gasteiger partial charge in [-0.05, 0) is 38.2 Å². The van der Waals surface area contributed by atoms with Gasteiger partial charge in [-0.15, -0.1) is 0 Å². The van der Waals surface area contributed by atoms with Crippen LogP contribution < -0.4 is 10.2 Å². The van der Waals surface area contributed by atoms with Crippen molar-refractivity contribution in [2.45, 2.75) is 39.2 Å². The molecule has 1 amide bonds. The summed E-state index contributed by atoms with van der Waals surface area (Å²) in [6.45, 7) is 5.66. The predicted molar refractivity (Wildman–Crippen MR) is 92.3 cm³/mol.